The van der Waals surface area contributed by atoms with Gasteiger partial charge in [0.05, 0.1) is 23.1 Å². The van der Waals surface area contributed by atoms with Crippen LogP contribution in [0.4, 0.5) is 0 Å². The Kier molecular flexibility index (Phi) is 5.88. The van der Waals surface area contributed by atoms with E-state index in [1.807, 2.05) is 0 Å². The molecule has 3 N–H and O–H groups in total. The molecule has 3 aromatic carbocycles. The number of ether oxygens (including phenoxy) is 5. The van der Waals surface area contributed by atoms with Gasteiger partial charge < -0.3 is 48.3 Å². The van der Waals surface area contributed by atoms with Crippen molar-refractivity contribution in [1.82, 2.24) is 4.90 Å². The summed E-state index contributed by atoms with van der Waals surface area (Å²) >= 11 is 6.29. The van der Waals surface area contributed by atoms with Gasteiger partial charge >= 0.3 is 0 Å². The standard InChI is InChI=1S/C29H24ClNO11/c1-31-28(36)14-10(19(33)29(31)39-4)7-11-13(20(14)34)15-16-25(22(11)37-2)40-8-41-26(16)27-17(21(15)35)18(32)9-5-6-12(30)24(38-3)23(9)42-27/h5-7,19,22,25,29,33-35H,8H2,1-4H3/t19-,22+,25-,29-/m1/s1. The Bertz CT molecular complexity index is 1920. The lowest BCUT2D eigenvalue weighted by atomic mass is 9.76. The van der Waals surface area contributed by atoms with E-state index in [4.69, 9.17) is 39.7 Å². The van der Waals surface area contributed by atoms with E-state index in [9.17, 15) is 24.9 Å². The number of aliphatic hydroxyl groups is 1. The predicted octanol–water partition coefficient (Wildman–Crippen LogP) is 3.89. The second kappa shape index (κ2) is 9.21. The van der Waals surface area contributed by atoms with Crippen LogP contribution >= 0.6 is 11.6 Å². The number of methoxy groups -OCH3 is 3. The minimum atomic E-state index is -1.31. The van der Waals surface area contributed by atoms with E-state index in [0.717, 1.165) is 0 Å². The average molecular weight is 598 g/mol. The quantitative estimate of drug-likeness (QED) is 0.294. The van der Waals surface area contributed by atoms with Crippen molar-refractivity contribution in [2.45, 2.75) is 24.5 Å². The van der Waals surface area contributed by atoms with Crippen LogP contribution in [0.3, 0.4) is 0 Å². The number of amides is 1. The molecule has 0 unspecified atom stereocenters. The molecule has 0 saturated carbocycles. The first-order valence-corrected chi connectivity index (χ1v) is 13.2. The van der Waals surface area contributed by atoms with Gasteiger partial charge in [0.25, 0.3) is 5.91 Å². The second-order valence-corrected chi connectivity index (χ2v) is 10.6. The summed E-state index contributed by atoms with van der Waals surface area (Å²) in [5, 5.41) is 34.7. The van der Waals surface area contributed by atoms with E-state index >= 15 is 0 Å². The molecule has 0 bridgehead atoms. The van der Waals surface area contributed by atoms with Crippen LogP contribution in [0.2, 0.25) is 5.02 Å². The van der Waals surface area contributed by atoms with E-state index in [1.54, 1.807) is 0 Å². The summed E-state index contributed by atoms with van der Waals surface area (Å²) in [4.78, 5) is 28.5. The van der Waals surface area contributed by atoms with Crippen LogP contribution in [0.15, 0.2) is 27.4 Å². The minimum Gasteiger partial charge on any atom is -0.506 e. The molecule has 3 heterocycles. The number of fused-ring (bicyclic) bond motifs is 6. The van der Waals surface area contributed by atoms with Crippen LogP contribution in [0, 0.1) is 0 Å². The molecule has 2 aliphatic heterocycles. The first kappa shape index (κ1) is 26.8. The number of carbonyl (C=O) groups is 1. The van der Waals surface area contributed by atoms with Crippen LogP contribution in [0.1, 0.15) is 45.4 Å². The molecule has 1 amide bonds. The van der Waals surface area contributed by atoms with Crippen LogP contribution in [0.25, 0.3) is 33.1 Å². The van der Waals surface area contributed by atoms with Crippen LogP contribution in [-0.4, -0.2) is 67.5 Å². The number of rotatable bonds is 3. The van der Waals surface area contributed by atoms with Crippen LogP contribution in [0.5, 0.6) is 23.0 Å². The van der Waals surface area contributed by atoms with Crippen molar-refractivity contribution < 1.29 is 48.2 Å². The van der Waals surface area contributed by atoms with Crippen molar-refractivity contribution in [2.75, 3.05) is 35.2 Å². The molecule has 1 aromatic heterocycles. The van der Waals surface area contributed by atoms with E-state index in [2.05, 4.69) is 0 Å². The van der Waals surface area contributed by atoms with Gasteiger partial charge in [-0.1, -0.05) is 11.6 Å². The lowest BCUT2D eigenvalue weighted by Gasteiger charge is -2.41. The second-order valence-electron chi connectivity index (χ2n) is 10.2. The van der Waals surface area contributed by atoms with E-state index in [1.165, 1.54) is 51.5 Å². The smallest absolute Gasteiger partial charge is 0.259 e. The summed E-state index contributed by atoms with van der Waals surface area (Å²) in [7, 11) is 5.61. The highest BCUT2D eigenvalue weighted by molar-refractivity contribution is 6.33. The molecule has 42 heavy (non-hydrogen) atoms. The highest BCUT2D eigenvalue weighted by atomic mass is 35.5. The Morgan fingerprint density at radius 2 is 1.76 bits per heavy atom. The Labute approximate surface area is 242 Å². The Morgan fingerprint density at radius 1 is 1.00 bits per heavy atom. The fourth-order valence-electron chi connectivity index (χ4n) is 6.43. The fourth-order valence-corrected chi connectivity index (χ4v) is 6.66. The summed E-state index contributed by atoms with van der Waals surface area (Å²) in [6.07, 6.45) is -4.10. The molecule has 7 rings (SSSR count). The number of aromatic hydroxyl groups is 2. The number of nitrogens with zero attached hydrogens (tertiary/aromatic N) is 1. The topological polar surface area (TPSA) is 157 Å². The SMILES string of the molecule is COc1c(Cl)ccc2c(=O)c3c(O)c4c5c(c3oc12)OCO[C@H]5[C@@H](OC)c1cc2c(c(O)c1-4)C(=O)N(C)[C@H](OC)[C@@H]2O. The largest absolute Gasteiger partial charge is 0.506 e. The van der Waals surface area contributed by atoms with Gasteiger partial charge in [-0.3, -0.25) is 9.59 Å². The third-order valence-electron chi connectivity index (χ3n) is 8.29. The van der Waals surface area contributed by atoms with Gasteiger partial charge in [-0.2, -0.15) is 0 Å². The number of phenols is 2. The van der Waals surface area contributed by atoms with Gasteiger partial charge in [-0.15, -0.1) is 0 Å². The zero-order valence-electron chi connectivity index (χ0n) is 22.7. The number of phenolic OH excluding ortho intramolecular Hbond substituents is 2. The van der Waals surface area contributed by atoms with Gasteiger partial charge in [-0.05, 0) is 23.8 Å². The Hall–Kier alpha value is -4.07. The third-order valence-corrected chi connectivity index (χ3v) is 8.59. The van der Waals surface area contributed by atoms with Crippen molar-refractivity contribution in [2.24, 2.45) is 0 Å². The lowest BCUT2D eigenvalue weighted by Crippen LogP contribution is -2.47. The van der Waals surface area contributed by atoms with Crippen LogP contribution < -0.4 is 14.9 Å². The maximum absolute atomic E-state index is 13.9. The maximum Gasteiger partial charge on any atom is 0.259 e. The molecule has 0 saturated heterocycles. The summed E-state index contributed by atoms with van der Waals surface area (Å²) in [5.74, 6) is -1.45. The van der Waals surface area contributed by atoms with Crippen molar-refractivity contribution in [1.29, 1.82) is 0 Å². The summed E-state index contributed by atoms with van der Waals surface area (Å²) in [5.41, 5.74) is -0.0907. The lowest BCUT2D eigenvalue weighted by molar-refractivity contribution is -0.121. The molecule has 4 atom stereocenters. The monoisotopic (exact) mass is 597 g/mol. The van der Waals surface area contributed by atoms with Crippen LogP contribution in [-0.2, 0) is 14.2 Å². The molecule has 4 aromatic rings. The number of hydrogen-bond donors (Lipinski definition) is 3. The summed E-state index contributed by atoms with van der Waals surface area (Å²) in [6.45, 7) is -0.255. The Balaban J connectivity index is 1.65. The predicted molar refractivity (Wildman–Crippen MR) is 147 cm³/mol. The molecule has 12 nitrogen and oxygen atoms in total. The van der Waals surface area contributed by atoms with Gasteiger partial charge in [0.1, 0.15) is 35.2 Å². The van der Waals surface area contributed by atoms with Gasteiger partial charge in [0, 0.05) is 43.5 Å². The van der Waals surface area contributed by atoms with E-state index < -0.39 is 47.4 Å². The number of likely N-dealkylation sites (N-methyl/N-ethyl adjacent to an activating group) is 1. The molecule has 0 radical (unpaired) electrons. The highest BCUT2D eigenvalue weighted by Crippen LogP contribution is 2.61. The average Bonchev–Trinajstić information content (AvgIpc) is 2.98. The van der Waals surface area contributed by atoms with Crippen molar-refractivity contribution >= 4 is 39.4 Å². The first-order chi connectivity index (χ1) is 20.2. The van der Waals surface area contributed by atoms with E-state index in [0.29, 0.717) is 5.56 Å². The Morgan fingerprint density at radius 3 is 2.45 bits per heavy atom. The number of benzene rings is 3. The summed E-state index contributed by atoms with van der Waals surface area (Å²) < 4.78 is 34.6. The minimum absolute atomic E-state index is 0.0113. The highest BCUT2D eigenvalue weighted by Gasteiger charge is 2.48. The molecule has 3 aliphatic rings. The first-order valence-electron chi connectivity index (χ1n) is 12.8. The molecule has 0 spiro atoms. The maximum atomic E-state index is 13.9. The molecule has 0 fully saturated rings. The van der Waals surface area contributed by atoms with Gasteiger partial charge in [0.15, 0.2) is 35.7 Å². The molecule has 218 valence electrons. The molecular weight excluding hydrogens is 574 g/mol. The van der Waals surface area contributed by atoms with Crippen molar-refractivity contribution in [3.8, 4) is 34.1 Å². The zero-order valence-corrected chi connectivity index (χ0v) is 23.4. The third kappa shape index (κ3) is 3.21. The number of aliphatic hydroxyl groups excluding tert-OH is 1. The van der Waals surface area contributed by atoms with Crippen molar-refractivity contribution in [3.05, 3.63) is 55.7 Å². The fraction of sp³-hybridized carbons (Fsp3) is 0.310. The van der Waals surface area contributed by atoms with Gasteiger partial charge in [-0.25, -0.2) is 0 Å². The van der Waals surface area contributed by atoms with Crippen molar-refractivity contribution in [3.63, 3.8) is 0 Å². The zero-order chi connectivity index (χ0) is 29.8. The van der Waals surface area contributed by atoms with E-state index in [-0.39, 0.29) is 73.1 Å². The normalized spacial score (nSPS) is 22.5. The molecular formula is C29H24ClNO11. The number of carbonyl (C=O) groups excluding carboxylic acids is 1. The number of halogens is 1. The summed E-state index contributed by atoms with van der Waals surface area (Å²) in [6, 6.07) is 4.46. The van der Waals surface area contributed by atoms with Gasteiger partial charge in [0.2, 0.25) is 5.43 Å². The molecule has 13 heteroatoms. The molecule has 1 aliphatic carbocycles. The number of hydrogen-bond acceptors (Lipinski definition) is 11.